The molecule has 7 nitrogen and oxygen atoms in total. The summed E-state index contributed by atoms with van der Waals surface area (Å²) in [6.45, 7) is 2.35. The Labute approximate surface area is 126 Å². The molecular weight excluding hydrogens is 288 g/mol. The number of ether oxygens (including phenoxy) is 2. The molecule has 1 aromatic carbocycles. The van der Waals surface area contributed by atoms with Crippen molar-refractivity contribution in [2.45, 2.75) is 26.0 Å². The second-order valence-corrected chi connectivity index (χ2v) is 5.24. The summed E-state index contributed by atoms with van der Waals surface area (Å²) in [7, 11) is 0. The van der Waals surface area contributed by atoms with Crippen LogP contribution in [0.4, 0.5) is 0 Å². The first-order valence-corrected chi connectivity index (χ1v) is 7.02. The highest BCUT2D eigenvalue weighted by molar-refractivity contribution is 6.05. The fourth-order valence-electron chi connectivity index (χ4n) is 2.54. The smallest absolute Gasteiger partial charge is 0.325 e. The second-order valence-electron chi connectivity index (χ2n) is 5.24. The van der Waals surface area contributed by atoms with Crippen molar-refractivity contribution in [1.29, 1.82) is 0 Å². The zero-order chi connectivity index (χ0) is 15.7. The molecule has 2 aromatic rings. The number of nitrogens with zero attached hydrogens (tertiary/aromatic N) is 2. The van der Waals surface area contributed by atoms with Gasteiger partial charge in [-0.3, -0.25) is 14.3 Å². The molecular formula is C15H16N2O5. The average molecular weight is 304 g/mol. The zero-order valence-electron chi connectivity index (χ0n) is 12.1. The number of hydrogen-bond acceptors (Lipinski definition) is 5. The number of aliphatic carboxylic acids is 1. The van der Waals surface area contributed by atoms with E-state index in [0.29, 0.717) is 29.9 Å². The number of carbonyl (C=O) groups is 2. The van der Waals surface area contributed by atoms with Gasteiger partial charge in [0.15, 0.2) is 5.78 Å². The summed E-state index contributed by atoms with van der Waals surface area (Å²) in [5, 5.41) is 13.6. The molecule has 0 amide bonds. The van der Waals surface area contributed by atoms with Crippen LogP contribution < -0.4 is 4.74 Å². The zero-order valence-corrected chi connectivity index (χ0v) is 12.1. The van der Waals surface area contributed by atoms with Crippen molar-refractivity contribution >= 4 is 22.7 Å². The highest BCUT2D eigenvalue weighted by Gasteiger charge is 2.20. The molecule has 1 aromatic heterocycles. The molecule has 1 aliphatic heterocycles. The van der Waals surface area contributed by atoms with E-state index in [9.17, 15) is 9.59 Å². The molecule has 116 valence electrons. The Morgan fingerprint density at radius 1 is 1.50 bits per heavy atom. The lowest BCUT2D eigenvalue weighted by Gasteiger charge is -2.11. The molecule has 0 bridgehead atoms. The van der Waals surface area contributed by atoms with Crippen molar-refractivity contribution in [3.05, 3.63) is 23.9 Å². The van der Waals surface area contributed by atoms with Crippen LogP contribution in [0.5, 0.6) is 5.75 Å². The van der Waals surface area contributed by atoms with E-state index in [1.54, 1.807) is 18.2 Å². The predicted octanol–water partition coefficient (Wildman–Crippen LogP) is 1.49. The number of ketones is 1. The maximum Gasteiger partial charge on any atom is 0.325 e. The second kappa shape index (κ2) is 5.76. The van der Waals surface area contributed by atoms with Crippen molar-refractivity contribution < 1.29 is 24.2 Å². The van der Waals surface area contributed by atoms with Gasteiger partial charge >= 0.3 is 5.97 Å². The molecule has 2 heterocycles. The largest absolute Gasteiger partial charge is 0.488 e. The first-order chi connectivity index (χ1) is 10.5. The summed E-state index contributed by atoms with van der Waals surface area (Å²) in [6.07, 6.45) is 0.836. The normalized spacial score (nSPS) is 17.8. The number of carbonyl (C=O) groups excluding carboxylic acids is 1. The molecule has 0 saturated carbocycles. The monoisotopic (exact) mass is 304 g/mol. The third kappa shape index (κ3) is 2.80. The minimum absolute atomic E-state index is 0.00675. The molecule has 0 radical (unpaired) electrons. The Morgan fingerprint density at radius 2 is 2.32 bits per heavy atom. The van der Waals surface area contributed by atoms with Crippen LogP contribution in [-0.4, -0.2) is 46.0 Å². The standard InChI is InChI=1S/C15H16N2O5/c1-9(18)15-12-6-10(22-11-4-5-21-8-11)2-3-13(12)17(16-15)7-14(19)20/h2-3,6,11H,4-5,7-8H2,1H3,(H,19,20). The Balaban J connectivity index is 1.99. The van der Waals surface area contributed by atoms with Crippen LogP contribution in [0, 0.1) is 0 Å². The molecule has 1 aliphatic rings. The van der Waals surface area contributed by atoms with Crippen LogP contribution in [0.3, 0.4) is 0 Å². The van der Waals surface area contributed by atoms with Gasteiger partial charge in [-0.05, 0) is 18.2 Å². The lowest BCUT2D eigenvalue weighted by atomic mass is 10.1. The Hall–Kier alpha value is -2.41. The number of hydrogen-bond donors (Lipinski definition) is 1. The van der Waals surface area contributed by atoms with E-state index in [1.165, 1.54) is 11.6 Å². The number of carboxylic acid groups (broad SMARTS) is 1. The molecule has 1 atom stereocenters. The van der Waals surface area contributed by atoms with Crippen LogP contribution >= 0.6 is 0 Å². The number of carboxylic acids is 1. The number of Topliss-reactive ketones (excluding diaryl/α,β-unsaturated/α-hetero) is 1. The minimum Gasteiger partial charge on any atom is -0.488 e. The number of aromatic nitrogens is 2. The van der Waals surface area contributed by atoms with Gasteiger partial charge in [0.25, 0.3) is 0 Å². The fourth-order valence-corrected chi connectivity index (χ4v) is 2.54. The van der Waals surface area contributed by atoms with Gasteiger partial charge in [0.1, 0.15) is 24.1 Å². The van der Waals surface area contributed by atoms with Gasteiger partial charge in [-0.2, -0.15) is 5.10 Å². The maximum absolute atomic E-state index is 11.7. The molecule has 0 spiro atoms. The van der Waals surface area contributed by atoms with E-state index < -0.39 is 5.97 Å². The summed E-state index contributed by atoms with van der Waals surface area (Å²) in [5.41, 5.74) is 0.854. The third-order valence-electron chi connectivity index (χ3n) is 3.53. The molecule has 1 N–H and O–H groups in total. The Kier molecular flexibility index (Phi) is 3.81. The lowest BCUT2D eigenvalue weighted by Crippen LogP contribution is -2.15. The van der Waals surface area contributed by atoms with Gasteiger partial charge in [0.2, 0.25) is 0 Å². The lowest BCUT2D eigenvalue weighted by molar-refractivity contribution is -0.137. The summed E-state index contributed by atoms with van der Waals surface area (Å²) in [4.78, 5) is 22.6. The molecule has 22 heavy (non-hydrogen) atoms. The molecule has 1 unspecified atom stereocenters. The van der Waals surface area contributed by atoms with E-state index in [4.69, 9.17) is 14.6 Å². The van der Waals surface area contributed by atoms with Gasteiger partial charge in [-0.25, -0.2) is 0 Å². The van der Waals surface area contributed by atoms with Crippen LogP contribution in [0.25, 0.3) is 10.9 Å². The molecule has 3 rings (SSSR count). The highest BCUT2D eigenvalue weighted by Crippen LogP contribution is 2.26. The number of rotatable bonds is 5. The maximum atomic E-state index is 11.7. The summed E-state index contributed by atoms with van der Waals surface area (Å²) in [6, 6.07) is 5.21. The van der Waals surface area contributed by atoms with E-state index >= 15 is 0 Å². The topological polar surface area (TPSA) is 90.7 Å². The number of benzene rings is 1. The van der Waals surface area contributed by atoms with Gasteiger partial charge in [0, 0.05) is 18.7 Å². The van der Waals surface area contributed by atoms with Crippen molar-refractivity contribution in [3.8, 4) is 5.75 Å². The third-order valence-corrected chi connectivity index (χ3v) is 3.53. The molecule has 7 heteroatoms. The van der Waals surface area contributed by atoms with Crippen molar-refractivity contribution in [1.82, 2.24) is 9.78 Å². The minimum atomic E-state index is -1.01. The van der Waals surface area contributed by atoms with E-state index in [1.807, 2.05) is 0 Å². The molecule has 1 fully saturated rings. The molecule has 1 saturated heterocycles. The SMILES string of the molecule is CC(=O)c1nn(CC(=O)O)c2ccc(OC3CCOC3)cc12. The van der Waals surface area contributed by atoms with Crippen LogP contribution in [0.1, 0.15) is 23.8 Å². The van der Waals surface area contributed by atoms with Gasteiger partial charge in [0.05, 0.1) is 18.7 Å². The van der Waals surface area contributed by atoms with Crippen molar-refractivity contribution in [3.63, 3.8) is 0 Å². The quantitative estimate of drug-likeness (QED) is 0.842. The van der Waals surface area contributed by atoms with E-state index in [2.05, 4.69) is 5.10 Å². The summed E-state index contributed by atoms with van der Waals surface area (Å²) >= 11 is 0. The van der Waals surface area contributed by atoms with Gasteiger partial charge in [-0.15, -0.1) is 0 Å². The number of fused-ring (bicyclic) bond motifs is 1. The van der Waals surface area contributed by atoms with Crippen molar-refractivity contribution in [2.75, 3.05) is 13.2 Å². The predicted molar refractivity (Wildman–Crippen MR) is 77.2 cm³/mol. The van der Waals surface area contributed by atoms with Gasteiger partial charge < -0.3 is 14.6 Å². The van der Waals surface area contributed by atoms with Gasteiger partial charge in [-0.1, -0.05) is 0 Å². The highest BCUT2D eigenvalue weighted by atomic mass is 16.5. The summed E-state index contributed by atoms with van der Waals surface area (Å²) < 4.78 is 12.4. The Bertz CT molecular complexity index is 731. The van der Waals surface area contributed by atoms with Crippen LogP contribution in [-0.2, 0) is 16.1 Å². The fraction of sp³-hybridized carbons (Fsp3) is 0.400. The average Bonchev–Trinajstić information content (AvgIpc) is 3.06. The van der Waals surface area contributed by atoms with E-state index in [-0.39, 0.29) is 24.1 Å². The summed E-state index contributed by atoms with van der Waals surface area (Å²) in [5.74, 6) is -0.598. The van der Waals surface area contributed by atoms with Crippen LogP contribution in [0.15, 0.2) is 18.2 Å². The van der Waals surface area contributed by atoms with Crippen molar-refractivity contribution in [2.24, 2.45) is 0 Å². The molecule has 0 aliphatic carbocycles. The van der Waals surface area contributed by atoms with Crippen LogP contribution in [0.2, 0.25) is 0 Å². The van der Waals surface area contributed by atoms with E-state index in [0.717, 1.165) is 6.42 Å². The first kappa shape index (κ1) is 14.5. The Morgan fingerprint density at radius 3 is 2.95 bits per heavy atom. The first-order valence-electron chi connectivity index (χ1n) is 7.02.